The quantitative estimate of drug-likeness (QED) is 0.465. The molecule has 1 N–H and O–H groups in total. The van der Waals surface area contributed by atoms with Crippen molar-refractivity contribution in [3.05, 3.63) is 97.3 Å². The second-order valence-electron chi connectivity index (χ2n) is 6.75. The molecule has 0 radical (unpaired) electrons. The number of sulfonamides is 1. The van der Waals surface area contributed by atoms with Gasteiger partial charge in [-0.1, -0.05) is 54.6 Å². The van der Waals surface area contributed by atoms with Crippen molar-refractivity contribution in [2.45, 2.75) is 4.90 Å². The number of nitrogens with one attached hydrogen (secondary N) is 1. The Kier molecular flexibility index (Phi) is 4.07. The molecule has 3 aromatic carbocycles. The number of imidazole rings is 1. The van der Waals surface area contributed by atoms with Crippen LogP contribution >= 0.6 is 0 Å². The summed E-state index contributed by atoms with van der Waals surface area (Å²) < 4.78 is 30.6. The first kappa shape index (κ1) is 17.5. The molecule has 6 heteroatoms. The monoisotopic (exact) mass is 399 g/mol. The second-order valence-corrected chi connectivity index (χ2v) is 8.40. The van der Waals surface area contributed by atoms with E-state index in [1.54, 1.807) is 24.3 Å². The summed E-state index contributed by atoms with van der Waals surface area (Å²) in [6, 6.07) is 25.8. The van der Waals surface area contributed by atoms with Crippen molar-refractivity contribution < 1.29 is 8.42 Å². The molecule has 0 unspecified atom stereocenters. The van der Waals surface area contributed by atoms with Crippen molar-refractivity contribution >= 4 is 32.1 Å². The molecular weight excluding hydrogens is 382 g/mol. The van der Waals surface area contributed by atoms with E-state index in [4.69, 9.17) is 0 Å². The highest BCUT2D eigenvalue weighted by Gasteiger charge is 2.17. The Hall–Kier alpha value is -3.64. The number of hydrogen-bond donors (Lipinski definition) is 1. The predicted molar refractivity (Wildman–Crippen MR) is 115 cm³/mol. The third-order valence-corrected chi connectivity index (χ3v) is 6.28. The van der Waals surface area contributed by atoms with Crippen molar-refractivity contribution in [1.82, 2.24) is 9.38 Å². The maximum Gasteiger partial charge on any atom is 0.262 e. The van der Waals surface area contributed by atoms with Gasteiger partial charge in [-0.25, -0.2) is 13.4 Å². The number of nitrogens with zero attached hydrogens (tertiary/aromatic N) is 2. The zero-order valence-electron chi connectivity index (χ0n) is 15.4. The molecule has 0 bridgehead atoms. The van der Waals surface area contributed by atoms with Gasteiger partial charge in [0.25, 0.3) is 10.0 Å². The number of anilines is 1. The van der Waals surface area contributed by atoms with Crippen LogP contribution in [0.15, 0.2) is 102 Å². The van der Waals surface area contributed by atoms with Crippen LogP contribution < -0.4 is 4.72 Å². The first-order valence-electron chi connectivity index (χ1n) is 9.15. The maximum absolute atomic E-state index is 13.0. The van der Waals surface area contributed by atoms with Crippen molar-refractivity contribution in [2.24, 2.45) is 0 Å². The first-order valence-corrected chi connectivity index (χ1v) is 10.6. The molecule has 5 rings (SSSR count). The van der Waals surface area contributed by atoms with Crippen LogP contribution in [0.25, 0.3) is 27.7 Å². The lowest BCUT2D eigenvalue weighted by Gasteiger charge is -2.11. The molecule has 2 aromatic heterocycles. The lowest BCUT2D eigenvalue weighted by molar-refractivity contribution is 0.602. The van der Waals surface area contributed by atoms with Crippen LogP contribution in [-0.4, -0.2) is 17.8 Å². The highest BCUT2D eigenvalue weighted by molar-refractivity contribution is 7.93. The lowest BCUT2D eigenvalue weighted by Crippen LogP contribution is -2.13. The minimum atomic E-state index is -3.71. The highest BCUT2D eigenvalue weighted by Crippen LogP contribution is 2.26. The summed E-state index contributed by atoms with van der Waals surface area (Å²) in [5.41, 5.74) is 3.12. The van der Waals surface area contributed by atoms with Crippen molar-refractivity contribution in [1.29, 1.82) is 0 Å². The molecule has 2 heterocycles. The molecule has 29 heavy (non-hydrogen) atoms. The third kappa shape index (κ3) is 3.23. The fourth-order valence-electron chi connectivity index (χ4n) is 3.42. The lowest BCUT2D eigenvalue weighted by atomic mass is 10.1. The molecule has 0 aliphatic rings. The van der Waals surface area contributed by atoms with Gasteiger partial charge in [0.15, 0.2) is 0 Å². The van der Waals surface area contributed by atoms with Gasteiger partial charge in [0.1, 0.15) is 5.65 Å². The van der Waals surface area contributed by atoms with E-state index in [0.717, 1.165) is 22.3 Å². The number of rotatable bonds is 4. The number of benzene rings is 3. The van der Waals surface area contributed by atoms with Gasteiger partial charge in [0.05, 0.1) is 10.6 Å². The van der Waals surface area contributed by atoms with Gasteiger partial charge in [0.2, 0.25) is 0 Å². The minimum absolute atomic E-state index is 0.264. The third-order valence-electron chi connectivity index (χ3n) is 4.84. The average Bonchev–Trinajstić information content (AvgIpc) is 3.18. The summed E-state index contributed by atoms with van der Waals surface area (Å²) in [5.74, 6) is 0. The first-order chi connectivity index (χ1) is 14.1. The van der Waals surface area contributed by atoms with Crippen molar-refractivity contribution in [3.63, 3.8) is 0 Å². The van der Waals surface area contributed by atoms with E-state index in [1.807, 2.05) is 77.5 Å². The summed E-state index contributed by atoms with van der Waals surface area (Å²) >= 11 is 0. The van der Waals surface area contributed by atoms with Crippen LogP contribution in [0.5, 0.6) is 0 Å². The summed E-state index contributed by atoms with van der Waals surface area (Å²) in [4.78, 5) is 4.86. The van der Waals surface area contributed by atoms with Gasteiger partial charge in [-0.05, 0) is 35.7 Å². The molecule has 5 nitrogen and oxygen atoms in total. The summed E-state index contributed by atoms with van der Waals surface area (Å²) in [7, 11) is -3.71. The molecule has 0 amide bonds. The Balaban J connectivity index is 1.45. The van der Waals surface area contributed by atoms with E-state index >= 15 is 0 Å². The van der Waals surface area contributed by atoms with E-state index in [9.17, 15) is 8.42 Å². The number of pyridine rings is 1. The zero-order chi connectivity index (χ0) is 19.8. The van der Waals surface area contributed by atoms with Crippen LogP contribution in [0, 0.1) is 0 Å². The van der Waals surface area contributed by atoms with Gasteiger partial charge in [-0.2, -0.15) is 0 Å². The number of hydrogen-bond acceptors (Lipinski definition) is 3. The molecule has 0 aliphatic heterocycles. The molecule has 142 valence electrons. The second kappa shape index (κ2) is 6.76. The molecule has 0 saturated heterocycles. The van der Waals surface area contributed by atoms with Gasteiger partial charge in [-0.15, -0.1) is 0 Å². The fourth-order valence-corrected chi connectivity index (χ4v) is 4.71. The Morgan fingerprint density at radius 3 is 2.38 bits per heavy atom. The minimum Gasteiger partial charge on any atom is -0.306 e. The van der Waals surface area contributed by atoms with Crippen molar-refractivity contribution in [2.75, 3.05) is 4.72 Å². The maximum atomic E-state index is 13.0. The summed E-state index contributed by atoms with van der Waals surface area (Å²) in [6.45, 7) is 0. The van der Waals surface area contributed by atoms with E-state index < -0.39 is 10.0 Å². The van der Waals surface area contributed by atoms with Crippen LogP contribution in [0.1, 0.15) is 0 Å². The molecule has 0 aliphatic carbocycles. The largest absolute Gasteiger partial charge is 0.306 e. The number of aromatic nitrogens is 2. The molecule has 5 aromatic rings. The van der Waals surface area contributed by atoms with E-state index in [1.165, 1.54) is 0 Å². The molecular formula is C23H17N3O2S. The van der Waals surface area contributed by atoms with Gasteiger partial charge >= 0.3 is 0 Å². The van der Waals surface area contributed by atoms with Gasteiger partial charge in [-0.3, -0.25) is 4.72 Å². The van der Waals surface area contributed by atoms with E-state index in [0.29, 0.717) is 11.1 Å². The Bertz CT molecular complexity index is 1400. The predicted octanol–water partition coefficient (Wildman–Crippen LogP) is 4.96. The normalized spacial score (nSPS) is 11.7. The molecule has 0 saturated carbocycles. The molecule has 0 spiro atoms. The van der Waals surface area contributed by atoms with Gasteiger partial charge in [0, 0.05) is 29.0 Å². The topological polar surface area (TPSA) is 63.5 Å². The van der Waals surface area contributed by atoms with Crippen molar-refractivity contribution in [3.8, 4) is 11.3 Å². The standard InChI is InChI=1S/C23H17N3O2S/c27-29(28,22-9-5-7-17-6-1-2-8-20(17)22)25-19-13-11-18(12-14-19)21-16-26-15-4-3-10-23(26)24-21/h1-16,25H. The molecule has 0 atom stereocenters. The average molecular weight is 399 g/mol. The summed E-state index contributed by atoms with van der Waals surface area (Å²) in [6.07, 6.45) is 3.89. The van der Waals surface area contributed by atoms with Crippen LogP contribution in [0.2, 0.25) is 0 Å². The van der Waals surface area contributed by atoms with Crippen LogP contribution in [0.4, 0.5) is 5.69 Å². The number of fused-ring (bicyclic) bond motifs is 2. The highest BCUT2D eigenvalue weighted by atomic mass is 32.2. The van der Waals surface area contributed by atoms with E-state index in [2.05, 4.69) is 9.71 Å². The Morgan fingerprint density at radius 1 is 0.793 bits per heavy atom. The fraction of sp³-hybridized carbons (Fsp3) is 0. The summed E-state index contributed by atoms with van der Waals surface area (Å²) in [5, 5.41) is 1.58. The van der Waals surface area contributed by atoms with Gasteiger partial charge < -0.3 is 4.40 Å². The zero-order valence-corrected chi connectivity index (χ0v) is 16.2. The van der Waals surface area contributed by atoms with E-state index in [-0.39, 0.29) is 4.90 Å². The SMILES string of the molecule is O=S(=O)(Nc1ccc(-c2cn3ccccc3n2)cc1)c1cccc2ccccc12. The Morgan fingerprint density at radius 2 is 1.55 bits per heavy atom. The van der Waals surface area contributed by atoms with Crippen LogP contribution in [0.3, 0.4) is 0 Å². The molecule has 0 fully saturated rings. The smallest absolute Gasteiger partial charge is 0.262 e. The Labute approximate surface area is 168 Å². The van der Waals surface area contributed by atoms with Crippen LogP contribution in [-0.2, 0) is 10.0 Å².